The Hall–Kier alpha value is -3.16. The van der Waals surface area contributed by atoms with Crippen LogP contribution < -0.4 is 16.4 Å². The Labute approximate surface area is 175 Å². The molecule has 3 rings (SSSR count). The molecule has 0 bridgehead atoms. The largest absolute Gasteiger partial charge is 0.477 e. The molecule has 2 amide bonds. The van der Waals surface area contributed by atoms with Crippen LogP contribution in [0.5, 0.6) is 0 Å². The second-order valence-corrected chi connectivity index (χ2v) is 8.22. The van der Waals surface area contributed by atoms with Gasteiger partial charge in [-0.3, -0.25) is 15.0 Å². The molecule has 13 nitrogen and oxygen atoms in total. The van der Waals surface area contributed by atoms with Gasteiger partial charge in [0.1, 0.15) is 18.6 Å². The van der Waals surface area contributed by atoms with Crippen LogP contribution in [-0.2, 0) is 20.9 Å². The van der Waals surface area contributed by atoms with E-state index in [2.05, 4.69) is 26.2 Å². The molecule has 0 unspecified atom stereocenters. The normalized spacial score (nSPS) is 23.6. The number of carboxylic acids is 1. The number of hydrogen-bond acceptors (Lipinski definition) is 8. The summed E-state index contributed by atoms with van der Waals surface area (Å²) in [7, 11) is 0. The van der Waals surface area contributed by atoms with Crippen LogP contribution in [-0.4, -0.2) is 78.3 Å². The van der Waals surface area contributed by atoms with E-state index >= 15 is 0 Å². The van der Waals surface area contributed by atoms with Gasteiger partial charge in [0.05, 0.1) is 12.0 Å². The van der Waals surface area contributed by atoms with Crippen LogP contribution in [0.4, 0.5) is 0 Å². The molecule has 3 heterocycles. The summed E-state index contributed by atoms with van der Waals surface area (Å²) in [6.45, 7) is 3.93. The third-order valence-corrected chi connectivity index (χ3v) is 6.38. The summed E-state index contributed by atoms with van der Waals surface area (Å²) in [5.74, 6) is -2.21. The molecule has 6 N–H and O–H groups in total. The molecule has 1 aromatic rings. The number of carbonyl (C=O) groups is 3. The minimum Gasteiger partial charge on any atom is -0.477 e. The summed E-state index contributed by atoms with van der Waals surface area (Å²) in [5, 5.41) is 32.8. The van der Waals surface area contributed by atoms with Crippen LogP contribution >= 0.6 is 11.8 Å². The molecule has 1 saturated heterocycles. The summed E-state index contributed by atoms with van der Waals surface area (Å²) in [5.41, 5.74) is 5.25. The van der Waals surface area contributed by atoms with Crippen molar-refractivity contribution < 1.29 is 19.5 Å². The van der Waals surface area contributed by atoms with Crippen molar-refractivity contribution >= 4 is 35.5 Å². The number of carbonyl (C=O) groups excluding carboxylic acids is 2. The van der Waals surface area contributed by atoms with Crippen LogP contribution in [0.2, 0.25) is 0 Å². The number of hydrogen-bond donors (Lipinski definition) is 5. The van der Waals surface area contributed by atoms with Crippen molar-refractivity contribution in [3.05, 3.63) is 16.9 Å². The fraction of sp³-hybridized carbons (Fsp3) is 0.562. The van der Waals surface area contributed by atoms with Crippen molar-refractivity contribution in [1.29, 1.82) is 5.41 Å². The lowest BCUT2D eigenvalue weighted by Crippen LogP contribution is -2.66. The number of amides is 2. The van der Waals surface area contributed by atoms with Crippen LogP contribution in [0.15, 0.2) is 16.9 Å². The van der Waals surface area contributed by atoms with E-state index in [0.29, 0.717) is 17.2 Å². The van der Waals surface area contributed by atoms with Crippen molar-refractivity contribution in [2.75, 3.05) is 12.3 Å². The molecule has 2 aliphatic heterocycles. The second-order valence-electron chi connectivity index (χ2n) is 7.08. The number of nitrogens with zero attached hydrogens (tertiary/aromatic N) is 5. The van der Waals surface area contributed by atoms with E-state index in [9.17, 15) is 19.5 Å². The smallest absolute Gasteiger partial charge is 0.353 e. The second kappa shape index (κ2) is 8.69. The van der Waals surface area contributed by atoms with Crippen LogP contribution in [0.1, 0.15) is 13.8 Å². The Kier molecular flexibility index (Phi) is 6.24. The van der Waals surface area contributed by atoms with Crippen molar-refractivity contribution in [3.8, 4) is 0 Å². The third-order valence-electron chi connectivity index (χ3n) is 5.09. The Balaban J connectivity index is 1.66. The van der Waals surface area contributed by atoms with E-state index in [4.69, 9.17) is 11.1 Å². The quantitative estimate of drug-likeness (QED) is 0.127. The summed E-state index contributed by atoms with van der Waals surface area (Å²) >= 11 is 1.33. The topological polar surface area (TPSA) is 192 Å². The van der Waals surface area contributed by atoms with E-state index in [1.165, 1.54) is 27.7 Å². The van der Waals surface area contributed by atoms with E-state index in [1.807, 2.05) is 6.92 Å². The van der Waals surface area contributed by atoms with Crippen molar-refractivity contribution in [3.63, 3.8) is 0 Å². The van der Waals surface area contributed by atoms with Gasteiger partial charge in [-0.25, -0.2) is 9.48 Å². The molecule has 0 spiro atoms. The number of rotatable bonds is 9. The summed E-state index contributed by atoms with van der Waals surface area (Å²) < 4.78 is 1.27. The molecule has 0 aromatic carbocycles. The molecule has 1 fully saturated rings. The van der Waals surface area contributed by atoms with Crippen molar-refractivity contribution in [1.82, 2.24) is 35.7 Å². The highest BCUT2D eigenvalue weighted by atomic mass is 32.2. The maximum Gasteiger partial charge on any atom is 0.353 e. The van der Waals surface area contributed by atoms with Crippen molar-refractivity contribution in [2.45, 2.75) is 32.5 Å². The Morgan fingerprint density at radius 3 is 2.80 bits per heavy atom. The molecule has 2 aliphatic rings. The molecule has 162 valence electrons. The van der Waals surface area contributed by atoms with Gasteiger partial charge in [0.25, 0.3) is 0 Å². The van der Waals surface area contributed by atoms with Gasteiger partial charge in [-0.15, -0.1) is 16.9 Å². The average molecular weight is 437 g/mol. The number of carboxylic acid groups (broad SMARTS) is 1. The Morgan fingerprint density at radius 1 is 1.47 bits per heavy atom. The Bertz CT molecular complexity index is 887. The molecule has 14 heteroatoms. The zero-order valence-corrected chi connectivity index (χ0v) is 17.2. The zero-order chi connectivity index (χ0) is 22.0. The van der Waals surface area contributed by atoms with Gasteiger partial charge in [-0.2, -0.15) is 0 Å². The zero-order valence-electron chi connectivity index (χ0n) is 16.4. The minimum atomic E-state index is -1.16. The van der Waals surface area contributed by atoms with Crippen LogP contribution in [0.3, 0.4) is 0 Å². The van der Waals surface area contributed by atoms with Crippen molar-refractivity contribution in [2.24, 2.45) is 17.6 Å². The number of nitrogens with one attached hydrogen (secondary N) is 3. The maximum absolute atomic E-state index is 12.8. The molecule has 4 atom stereocenters. The van der Waals surface area contributed by atoms with Gasteiger partial charge in [-0.05, 0) is 17.4 Å². The summed E-state index contributed by atoms with van der Waals surface area (Å²) in [6.07, 6.45) is 1.31. The number of nitrogens with two attached hydrogens (primary N) is 1. The molecule has 30 heavy (non-hydrogen) atoms. The fourth-order valence-electron chi connectivity index (χ4n) is 3.87. The maximum atomic E-state index is 12.8. The van der Waals surface area contributed by atoms with E-state index in [-0.39, 0.29) is 42.0 Å². The van der Waals surface area contributed by atoms with E-state index in [0.717, 1.165) is 0 Å². The molecular formula is C16H23N9O4S. The predicted molar refractivity (Wildman–Crippen MR) is 106 cm³/mol. The third kappa shape index (κ3) is 4.08. The van der Waals surface area contributed by atoms with E-state index in [1.54, 1.807) is 6.92 Å². The van der Waals surface area contributed by atoms with Gasteiger partial charge in [0, 0.05) is 29.2 Å². The molecule has 0 saturated carbocycles. The number of aliphatic carboxylic acids is 1. The van der Waals surface area contributed by atoms with Gasteiger partial charge < -0.3 is 26.4 Å². The highest BCUT2D eigenvalue weighted by molar-refractivity contribution is 8.03. The number of β-lactam (4-membered cyclic amide) rings is 1. The molecular weight excluding hydrogens is 414 g/mol. The molecule has 1 aromatic heterocycles. The van der Waals surface area contributed by atoms with Gasteiger partial charge in [0.15, 0.2) is 5.96 Å². The fourth-order valence-corrected chi connectivity index (χ4v) is 5.02. The SMILES string of the molecule is C[C@@H](NC(=O)Cn1cnnn1)[C@H]1C(=O)N2C(C(=O)O)=C(SCCNC(=N)N)[C@H](C)[C@H]12. The van der Waals surface area contributed by atoms with Gasteiger partial charge in [0.2, 0.25) is 11.8 Å². The minimum absolute atomic E-state index is 0.00575. The summed E-state index contributed by atoms with van der Waals surface area (Å²) in [4.78, 5) is 38.8. The first-order chi connectivity index (χ1) is 14.2. The summed E-state index contributed by atoms with van der Waals surface area (Å²) in [6, 6.07) is -0.820. The lowest BCUT2D eigenvalue weighted by Gasteiger charge is -2.47. The highest BCUT2D eigenvalue weighted by Gasteiger charge is 2.60. The first-order valence-corrected chi connectivity index (χ1v) is 10.2. The lowest BCUT2D eigenvalue weighted by atomic mass is 9.78. The number of aromatic nitrogens is 4. The Morgan fingerprint density at radius 2 is 2.20 bits per heavy atom. The van der Waals surface area contributed by atoms with Gasteiger partial charge >= 0.3 is 5.97 Å². The van der Waals surface area contributed by atoms with Gasteiger partial charge in [-0.1, -0.05) is 6.92 Å². The number of guanidine groups is 1. The molecule has 0 aliphatic carbocycles. The lowest BCUT2D eigenvalue weighted by molar-refractivity contribution is -0.158. The van der Waals surface area contributed by atoms with Crippen LogP contribution in [0.25, 0.3) is 0 Å². The number of fused-ring (bicyclic) bond motifs is 1. The van der Waals surface area contributed by atoms with Crippen LogP contribution in [0, 0.1) is 17.2 Å². The standard InChI is InChI=1S/C16H23N9O4S/c1-7-11-10(8(2)21-9(26)5-24-6-20-22-23-24)14(27)25(11)12(15(28)29)13(7)30-4-3-19-16(17)18/h6-8,10-11H,3-5H2,1-2H3,(H,21,26)(H,28,29)(H4,17,18,19)/t7-,8-,10-,11-/m1/s1. The number of tetrazole rings is 1. The van der Waals surface area contributed by atoms with E-state index < -0.39 is 17.9 Å². The average Bonchev–Trinajstić information content (AvgIpc) is 3.23. The first kappa shape index (κ1) is 21.5. The molecule has 0 radical (unpaired) electrons. The first-order valence-electron chi connectivity index (χ1n) is 9.23. The monoisotopic (exact) mass is 437 g/mol. The number of thioether (sulfide) groups is 1. The predicted octanol–water partition coefficient (Wildman–Crippen LogP) is -1.83. The highest BCUT2D eigenvalue weighted by Crippen LogP contribution is 2.50.